The third-order valence-electron chi connectivity index (χ3n) is 2.58. The van der Waals surface area contributed by atoms with Crippen LogP contribution in [0.25, 0.3) is 0 Å². The molecule has 0 aliphatic rings. The highest BCUT2D eigenvalue weighted by molar-refractivity contribution is 6.30. The quantitative estimate of drug-likeness (QED) is 0.922. The number of aromatic nitrogens is 3. The van der Waals surface area contributed by atoms with Gasteiger partial charge in [-0.05, 0) is 25.1 Å². The molecule has 1 aromatic carbocycles. The van der Waals surface area contributed by atoms with Crippen molar-refractivity contribution >= 4 is 11.6 Å². The molecule has 0 amide bonds. The second-order valence-corrected chi connectivity index (χ2v) is 4.38. The summed E-state index contributed by atoms with van der Waals surface area (Å²) >= 11 is 5.89. The van der Waals surface area contributed by atoms with E-state index in [1.54, 1.807) is 36.9 Å². The fourth-order valence-corrected chi connectivity index (χ4v) is 1.75. The molecular formula is C12H14ClN3O2. The maximum Gasteiger partial charge on any atom is 0.164 e. The highest BCUT2D eigenvalue weighted by Crippen LogP contribution is 2.28. The number of hydrogen-bond acceptors (Lipinski definition) is 4. The van der Waals surface area contributed by atoms with Gasteiger partial charge in [-0.1, -0.05) is 11.6 Å². The van der Waals surface area contributed by atoms with Crippen molar-refractivity contribution in [2.75, 3.05) is 0 Å². The molecule has 1 N–H and O–H groups in total. The van der Waals surface area contributed by atoms with Crippen molar-refractivity contribution in [1.29, 1.82) is 0 Å². The van der Waals surface area contributed by atoms with Crippen LogP contribution in [0.5, 0.6) is 5.75 Å². The molecule has 1 atom stereocenters. The summed E-state index contributed by atoms with van der Waals surface area (Å²) in [4.78, 5) is 4.06. The van der Waals surface area contributed by atoms with Gasteiger partial charge in [0.15, 0.2) is 5.82 Å². The molecule has 0 saturated heterocycles. The van der Waals surface area contributed by atoms with Crippen LogP contribution in [0.15, 0.2) is 24.5 Å². The summed E-state index contributed by atoms with van der Waals surface area (Å²) in [6.45, 7) is 1.96. The minimum absolute atomic E-state index is 0.290. The molecular weight excluding hydrogens is 254 g/mol. The van der Waals surface area contributed by atoms with Gasteiger partial charge in [0.05, 0.1) is 6.10 Å². The lowest BCUT2D eigenvalue weighted by Gasteiger charge is -2.13. The van der Waals surface area contributed by atoms with Crippen LogP contribution in [-0.4, -0.2) is 19.9 Å². The minimum Gasteiger partial charge on any atom is -0.485 e. The van der Waals surface area contributed by atoms with E-state index in [1.165, 1.54) is 6.33 Å². The predicted octanol–water partition coefficient (Wildman–Crippen LogP) is 2.10. The maximum absolute atomic E-state index is 9.67. The molecule has 0 radical (unpaired) electrons. The van der Waals surface area contributed by atoms with Gasteiger partial charge in [-0.25, -0.2) is 4.98 Å². The number of halogens is 1. The summed E-state index contributed by atoms with van der Waals surface area (Å²) in [6.07, 6.45) is 0.828. The molecule has 0 bridgehead atoms. The lowest BCUT2D eigenvalue weighted by Crippen LogP contribution is -2.06. The van der Waals surface area contributed by atoms with E-state index in [2.05, 4.69) is 10.1 Å². The zero-order valence-corrected chi connectivity index (χ0v) is 10.9. The van der Waals surface area contributed by atoms with Crippen LogP contribution < -0.4 is 4.74 Å². The number of rotatable bonds is 4. The van der Waals surface area contributed by atoms with Gasteiger partial charge in [0.25, 0.3) is 0 Å². The van der Waals surface area contributed by atoms with E-state index in [0.717, 1.165) is 0 Å². The lowest BCUT2D eigenvalue weighted by atomic mass is 10.1. The van der Waals surface area contributed by atoms with Gasteiger partial charge in [-0.3, -0.25) is 4.68 Å². The average molecular weight is 268 g/mol. The molecule has 0 saturated carbocycles. The Labute approximate surface area is 110 Å². The first kappa shape index (κ1) is 12.9. The number of nitrogens with zero attached hydrogens (tertiary/aromatic N) is 3. The SMILES string of the molecule is C[C@H](O)c1cc(Cl)ccc1OCc1ncnn1C. The molecule has 96 valence electrons. The fraction of sp³-hybridized carbons (Fsp3) is 0.333. The van der Waals surface area contributed by atoms with Gasteiger partial charge in [-0.15, -0.1) is 0 Å². The van der Waals surface area contributed by atoms with E-state index in [-0.39, 0.29) is 6.61 Å². The fourth-order valence-electron chi connectivity index (χ4n) is 1.57. The third kappa shape index (κ3) is 2.80. The Balaban J connectivity index is 2.16. The van der Waals surface area contributed by atoms with Crippen LogP contribution in [0.3, 0.4) is 0 Å². The van der Waals surface area contributed by atoms with Crippen LogP contribution in [0.1, 0.15) is 24.4 Å². The molecule has 0 unspecified atom stereocenters. The Morgan fingerprint density at radius 2 is 2.28 bits per heavy atom. The number of ether oxygens (including phenoxy) is 1. The molecule has 0 aliphatic carbocycles. The summed E-state index contributed by atoms with van der Waals surface area (Å²) in [5.74, 6) is 1.30. The Morgan fingerprint density at radius 3 is 2.89 bits per heavy atom. The molecule has 5 nitrogen and oxygen atoms in total. The van der Waals surface area contributed by atoms with Gasteiger partial charge in [-0.2, -0.15) is 5.10 Å². The second-order valence-electron chi connectivity index (χ2n) is 3.95. The van der Waals surface area contributed by atoms with Crippen molar-refractivity contribution < 1.29 is 9.84 Å². The molecule has 6 heteroatoms. The summed E-state index contributed by atoms with van der Waals surface area (Å²) in [5.41, 5.74) is 0.657. The van der Waals surface area contributed by atoms with Gasteiger partial charge in [0, 0.05) is 17.6 Å². The smallest absolute Gasteiger partial charge is 0.164 e. The monoisotopic (exact) mass is 267 g/mol. The van der Waals surface area contributed by atoms with Crippen LogP contribution in [0.4, 0.5) is 0 Å². The maximum atomic E-state index is 9.67. The topological polar surface area (TPSA) is 60.2 Å². The van der Waals surface area contributed by atoms with Crippen molar-refractivity contribution in [2.24, 2.45) is 7.05 Å². The third-order valence-corrected chi connectivity index (χ3v) is 2.82. The first-order valence-electron chi connectivity index (χ1n) is 5.51. The Morgan fingerprint density at radius 1 is 1.50 bits per heavy atom. The highest BCUT2D eigenvalue weighted by atomic mass is 35.5. The van der Waals surface area contributed by atoms with Crippen molar-refractivity contribution in [2.45, 2.75) is 19.6 Å². The largest absolute Gasteiger partial charge is 0.485 e. The molecule has 2 rings (SSSR count). The van der Waals surface area contributed by atoms with Crippen LogP contribution in [0, 0.1) is 0 Å². The number of aliphatic hydroxyl groups excluding tert-OH is 1. The number of aliphatic hydroxyl groups is 1. The first-order chi connectivity index (χ1) is 8.58. The summed E-state index contributed by atoms with van der Waals surface area (Å²) in [7, 11) is 1.79. The van der Waals surface area contributed by atoms with Gasteiger partial charge in [0.2, 0.25) is 0 Å². The van der Waals surface area contributed by atoms with E-state index in [1.807, 2.05) is 0 Å². The summed E-state index contributed by atoms with van der Waals surface area (Å²) in [6, 6.07) is 5.15. The first-order valence-corrected chi connectivity index (χ1v) is 5.89. The Bertz CT molecular complexity index is 540. The predicted molar refractivity (Wildman–Crippen MR) is 67.4 cm³/mol. The van der Waals surface area contributed by atoms with Crippen LogP contribution >= 0.6 is 11.6 Å². The summed E-state index contributed by atoms with van der Waals surface area (Å²) in [5, 5.41) is 14.2. The van der Waals surface area contributed by atoms with E-state index in [4.69, 9.17) is 16.3 Å². The Kier molecular flexibility index (Phi) is 3.84. The standard InChI is InChI=1S/C12H14ClN3O2/c1-8(17)10-5-9(13)3-4-11(10)18-6-12-14-7-15-16(12)2/h3-5,7-8,17H,6H2,1-2H3/t8-/m0/s1. The second kappa shape index (κ2) is 5.37. The normalized spacial score (nSPS) is 12.4. The molecule has 1 heterocycles. The van der Waals surface area contributed by atoms with Crippen molar-refractivity contribution in [3.05, 3.63) is 40.9 Å². The molecule has 0 spiro atoms. The van der Waals surface area contributed by atoms with Crippen molar-refractivity contribution in [1.82, 2.24) is 14.8 Å². The van der Waals surface area contributed by atoms with Crippen LogP contribution in [-0.2, 0) is 13.7 Å². The zero-order valence-electron chi connectivity index (χ0n) is 10.2. The number of hydrogen-bond donors (Lipinski definition) is 1. The molecule has 0 fully saturated rings. The average Bonchev–Trinajstić information content (AvgIpc) is 2.73. The lowest BCUT2D eigenvalue weighted by molar-refractivity contribution is 0.189. The van der Waals surface area contributed by atoms with E-state index < -0.39 is 6.10 Å². The van der Waals surface area contributed by atoms with E-state index >= 15 is 0 Å². The van der Waals surface area contributed by atoms with E-state index in [0.29, 0.717) is 22.2 Å². The van der Waals surface area contributed by atoms with Crippen LogP contribution in [0.2, 0.25) is 5.02 Å². The zero-order chi connectivity index (χ0) is 13.1. The molecule has 18 heavy (non-hydrogen) atoms. The number of aryl methyl sites for hydroxylation is 1. The van der Waals surface area contributed by atoms with Gasteiger partial charge >= 0.3 is 0 Å². The van der Waals surface area contributed by atoms with Gasteiger partial charge < -0.3 is 9.84 Å². The molecule has 0 aliphatic heterocycles. The van der Waals surface area contributed by atoms with Crippen molar-refractivity contribution in [3.8, 4) is 5.75 Å². The Hall–Kier alpha value is -1.59. The van der Waals surface area contributed by atoms with Gasteiger partial charge in [0.1, 0.15) is 18.7 Å². The van der Waals surface area contributed by atoms with E-state index in [9.17, 15) is 5.11 Å². The number of benzene rings is 1. The van der Waals surface area contributed by atoms with Crippen molar-refractivity contribution in [3.63, 3.8) is 0 Å². The molecule has 1 aromatic heterocycles. The highest BCUT2D eigenvalue weighted by Gasteiger charge is 2.11. The molecule has 2 aromatic rings. The minimum atomic E-state index is -0.641. The summed E-state index contributed by atoms with van der Waals surface area (Å²) < 4.78 is 7.27.